The van der Waals surface area contributed by atoms with E-state index >= 15 is 0 Å². The summed E-state index contributed by atoms with van der Waals surface area (Å²) < 4.78 is 3.03. The summed E-state index contributed by atoms with van der Waals surface area (Å²) in [6.45, 7) is 0. The Hall–Kier alpha value is -1.09. The van der Waals surface area contributed by atoms with Crippen molar-refractivity contribution in [3.05, 3.63) is 40.8 Å². The highest BCUT2D eigenvalue weighted by Crippen LogP contribution is 2.34. The van der Waals surface area contributed by atoms with Crippen LogP contribution in [-0.2, 0) is 7.05 Å². The van der Waals surface area contributed by atoms with Gasteiger partial charge >= 0.3 is 0 Å². The van der Waals surface area contributed by atoms with Crippen molar-refractivity contribution in [3.8, 4) is 11.3 Å². The molecule has 0 spiro atoms. The minimum atomic E-state index is 0.773. The molecule has 100 valence electrons. The predicted molar refractivity (Wildman–Crippen MR) is 82.2 cm³/mol. The summed E-state index contributed by atoms with van der Waals surface area (Å²) in [6, 6.07) is 8.98. The molecule has 0 unspecified atom stereocenters. The third-order valence-electron chi connectivity index (χ3n) is 4.13. The first-order chi connectivity index (χ1) is 9.25. The molecular formula is C16H19BrN2. The smallest absolute Gasteiger partial charge is 0.112 e. The lowest BCUT2D eigenvalue weighted by Crippen LogP contribution is -2.04. The van der Waals surface area contributed by atoms with Crippen LogP contribution in [0.2, 0.25) is 0 Å². The van der Waals surface area contributed by atoms with Gasteiger partial charge in [-0.15, -0.1) is 0 Å². The molecule has 19 heavy (non-hydrogen) atoms. The number of rotatable bonds is 2. The second kappa shape index (κ2) is 5.49. The maximum absolute atomic E-state index is 4.44. The van der Waals surface area contributed by atoms with E-state index in [9.17, 15) is 0 Å². The molecule has 2 aromatic rings. The third kappa shape index (κ3) is 2.62. The Morgan fingerprint density at radius 2 is 1.79 bits per heavy atom. The number of benzene rings is 1. The minimum absolute atomic E-state index is 0.773. The molecule has 1 aliphatic rings. The van der Waals surface area contributed by atoms with Crippen LogP contribution in [0, 0.1) is 0 Å². The minimum Gasteiger partial charge on any atom is -0.328 e. The van der Waals surface area contributed by atoms with E-state index in [2.05, 4.69) is 45.2 Å². The standard InChI is InChI=1S/C16H19BrN2/c1-19-11-18-15(16(19)17)14-9-7-13(8-10-14)12-5-3-2-4-6-12/h7-12H,2-6H2,1H3. The van der Waals surface area contributed by atoms with Crippen LogP contribution in [0.5, 0.6) is 0 Å². The van der Waals surface area contributed by atoms with Crippen molar-refractivity contribution in [1.29, 1.82) is 0 Å². The molecule has 0 bridgehead atoms. The van der Waals surface area contributed by atoms with Gasteiger partial charge in [0.2, 0.25) is 0 Å². The number of aromatic nitrogens is 2. The van der Waals surface area contributed by atoms with E-state index in [-0.39, 0.29) is 0 Å². The van der Waals surface area contributed by atoms with Gasteiger partial charge in [-0.2, -0.15) is 0 Å². The molecule has 0 N–H and O–H groups in total. The van der Waals surface area contributed by atoms with Crippen LogP contribution in [0.1, 0.15) is 43.6 Å². The highest BCUT2D eigenvalue weighted by atomic mass is 79.9. The molecule has 1 fully saturated rings. The fraction of sp³-hybridized carbons (Fsp3) is 0.438. The molecule has 2 nitrogen and oxygen atoms in total. The molecule has 1 saturated carbocycles. The second-order valence-corrected chi connectivity index (χ2v) is 6.20. The lowest BCUT2D eigenvalue weighted by Gasteiger charge is -2.22. The van der Waals surface area contributed by atoms with Crippen LogP contribution in [0.25, 0.3) is 11.3 Å². The third-order valence-corrected chi connectivity index (χ3v) is 5.06. The summed E-state index contributed by atoms with van der Waals surface area (Å²) in [5.74, 6) is 0.773. The fourth-order valence-corrected chi connectivity index (χ4v) is 3.38. The Bertz CT molecular complexity index is 551. The van der Waals surface area contributed by atoms with E-state index in [4.69, 9.17) is 0 Å². The first-order valence-corrected chi connectivity index (χ1v) is 7.82. The topological polar surface area (TPSA) is 17.8 Å². The Labute approximate surface area is 123 Å². The highest BCUT2D eigenvalue weighted by Gasteiger charge is 2.16. The number of hydrogen-bond acceptors (Lipinski definition) is 1. The molecule has 3 rings (SSSR count). The molecule has 1 heterocycles. The van der Waals surface area contributed by atoms with Gasteiger partial charge in [-0.3, -0.25) is 0 Å². The van der Waals surface area contributed by atoms with Gasteiger partial charge in [0.1, 0.15) is 10.3 Å². The molecular weight excluding hydrogens is 300 g/mol. The van der Waals surface area contributed by atoms with Crippen molar-refractivity contribution in [2.24, 2.45) is 7.05 Å². The van der Waals surface area contributed by atoms with E-state index in [1.165, 1.54) is 43.2 Å². The van der Waals surface area contributed by atoms with Crippen molar-refractivity contribution in [2.75, 3.05) is 0 Å². The first kappa shape index (κ1) is 12.9. The van der Waals surface area contributed by atoms with Gasteiger partial charge in [-0.05, 0) is 40.3 Å². The van der Waals surface area contributed by atoms with Crippen molar-refractivity contribution in [2.45, 2.75) is 38.0 Å². The van der Waals surface area contributed by atoms with Crippen molar-refractivity contribution >= 4 is 15.9 Å². The number of hydrogen-bond donors (Lipinski definition) is 0. The summed E-state index contributed by atoms with van der Waals surface area (Å²) >= 11 is 3.58. The summed E-state index contributed by atoms with van der Waals surface area (Å²) in [4.78, 5) is 4.44. The quantitative estimate of drug-likeness (QED) is 0.770. The largest absolute Gasteiger partial charge is 0.328 e. The van der Waals surface area contributed by atoms with Gasteiger partial charge in [0.05, 0.1) is 6.33 Å². The predicted octanol–water partition coefficient (Wildman–Crippen LogP) is 4.90. The Kier molecular flexibility index (Phi) is 3.74. The Morgan fingerprint density at radius 1 is 1.11 bits per heavy atom. The average Bonchev–Trinajstić information content (AvgIpc) is 2.80. The number of nitrogens with zero attached hydrogens (tertiary/aromatic N) is 2. The summed E-state index contributed by atoms with van der Waals surface area (Å²) in [6.07, 6.45) is 8.74. The molecule has 0 aliphatic heterocycles. The molecule has 0 atom stereocenters. The van der Waals surface area contributed by atoms with Crippen LogP contribution >= 0.6 is 15.9 Å². The van der Waals surface area contributed by atoms with Gasteiger partial charge in [-0.1, -0.05) is 43.5 Å². The van der Waals surface area contributed by atoms with Crippen molar-refractivity contribution in [1.82, 2.24) is 9.55 Å². The zero-order chi connectivity index (χ0) is 13.2. The molecule has 1 aromatic carbocycles. The lowest BCUT2D eigenvalue weighted by molar-refractivity contribution is 0.443. The number of halogens is 1. The Balaban J connectivity index is 1.84. The van der Waals surface area contributed by atoms with E-state index < -0.39 is 0 Å². The van der Waals surface area contributed by atoms with Gasteiger partial charge in [0.15, 0.2) is 0 Å². The summed E-state index contributed by atoms with van der Waals surface area (Å²) in [5.41, 5.74) is 3.71. The van der Waals surface area contributed by atoms with Crippen LogP contribution in [-0.4, -0.2) is 9.55 Å². The lowest BCUT2D eigenvalue weighted by atomic mass is 9.84. The van der Waals surface area contributed by atoms with Gasteiger partial charge < -0.3 is 4.57 Å². The number of imidazole rings is 1. The molecule has 1 aromatic heterocycles. The zero-order valence-corrected chi connectivity index (χ0v) is 12.9. The summed E-state index contributed by atoms with van der Waals surface area (Å²) in [7, 11) is 2.00. The first-order valence-electron chi connectivity index (χ1n) is 7.03. The second-order valence-electron chi connectivity index (χ2n) is 5.45. The maximum atomic E-state index is 4.44. The molecule has 0 saturated heterocycles. The molecule has 3 heteroatoms. The van der Waals surface area contributed by atoms with Crippen LogP contribution in [0.3, 0.4) is 0 Å². The fourth-order valence-electron chi connectivity index (χ4n) is 2.96. The van der Waals surface area contributed by atoms with Gasteiger partial charge in [-0.25, -0.2) is 4.98 Å². The van der Waals surface area contributed by atoms with E-state index in [1.54, 1.807) is 0 Å². The average molecular weight is 319 g/mol. The highest BCUT2D eigenvalue weighted by molar-refractivity contribution is 9.10. The zero-order valence-electron chi connectivity index (χ0n) is 11.3. The summed E-state index contributed by atoms with van der Waals surface area (Å²) in [5, 5.41) is 0. The van der Waals surface area contributed by atoms with E-state index in [1.807, 2.05) is 17.9 Å². The van der Waals surface area contributed by atoms with Crippen LogP contribution in [0.15, 0.2) is 35.2 Å². The van der Waals surface area contributed by atoms with Crippen LogP contribution in [0.4, 0.5) is 0 Å². The van der Waals surface area contributed by atoms with E-state index in [0.717, 1.165) is 16.2 Å². The SMILES string of the molecule is Cn1cnc(-c2ccc(C3CCCCC3)cc2)c1Br. The van der Waals surface area contributed by atoms with Crippen molar-refractivity contribution in [3.63, 3.8) is 0 Å². The Morgan fingerprint density at radius 3 is 2.37 bits per heavy atom. The van der Waals surface area contributed by atoms with Gasteiger partial charge in [0, 0.05) is 12.6 Å². The molecule has 0 amide bonds. The monoisotopic (exact) mass is 318 g/mol. The number of aryl methyl sites for hydroxylation is 1. The normalized spacial score (nSPS) is 16.7. The molecule has 0 radical (unpaired) electrons. The van der Waals surface area contributed by atoms with Gasteiger partial charge in [0.25, 0.3) is 0 Å². The van der Waals surface area contributed by atoms with Crippen LogP contribution < -0.4 is 0 Å². The maximum Gasteiger partial charge on any atom is 0.112 e. The molecule has 1 aliphatic carbocycles. The van der Waals surface area contributed by atoms with Crippen molar-refractivity contribution < 1.29 is 0 Å². The van der Waals surface area contributed by atoms with E-state index in [0.29, 0.717) is 0 Å².